The molecular formula is C18H22N4O2. The molecule has 0 radical (unpaired) electrons. The fourth-order valence-electron chi connectivity index (χ4n) is 2.80. The van der Waals surface area contributed by atoms with Crippen molar-refractivity contribution in [1.29, 1.82) is 0 Å². The molecule has 0 unspecified atom stereocenters. The standard InChI is InChI=1S/C18H22N4O2/c1-3-24-16-6-4-5-15-18(16)13(10-20-15)9-17(23)19-8-7-14-11-22(2)12-21-14/h4-6,10-12,20H,3,7-9H2,1-2H3,(H,19,23). The molecular weight excluding hydrogens is 304 g/mol. The van der Waals surface area contributed by atoms with Crippen LogP contribution in [0.3, 0.4) is 0 Å². The van der Waals surface area contributed by atoms with E-state index in [1.54, 1.807) is 6.33 Å². The second-order valence-electron chi connectivity index (χ2n) is 5.73. The number of aryl methyl sites for hydroxylation is 1. The molecule has 0 atom stereocenters. The fraction of sp³-hybridized carbons (Fsp3) is 0.333. The second kappa shape index (κ2) is 7.21. The quantitative estimate of drug-likeness (QED) is 0.699. The number of nitrogens with zero attached hydrogens (tertiary/aromatic N) is 2. The van der Waals surface area contributed by atoms with Crippen molar-refractivity contribution < 1.29 is 9.53 Å². The predicted octanol–water partition coefficient (Wildman–Crippen LogP) is 2.20. The Morgan fingerprint density at radius 1 is 1.42 bits per heavy atom. The number of fused-ring (bicyclic) bond motifs is 1. The highest BCUT2D eigenvalue weighted by Crippen LogP contribution is 2.29. The predicted molar refractivity (Wildman–Crippen MR) is 93.1 cm³/mol. The van der Waals surface area contributed by atoms with Crippen LogP contribution in [0.25, 0.3) is 10.9 Å². The van der Waals surface area contributed by atoms with Crippen LogP contribution in [0.2, 0.25) is 0 Å². The van der Waals surface area contributed by atoms with Gasteiger partial charge in [-0.2, -0.15) is 0 Å². The largest absolute Gasteiger partial charge is 0.493 e. The maximum Gasteiger partial charge on any atom is 0.224 e. The zero-order chi connectivity index (χ0) is 16.9. The summed E-state index contributed by atoms with van der Waals surface area (Å²) in [5.41, 5.74) is 2.91. The first-order valence-electron chi connectivity index (χ1n) is 8.12. The number of hydrogen-bond donors (Lipinski definition) is 2. The van der Waals surface area contributed by atoms with Gasteiger partial charge < -0.3 is 19.6 Å². The van der Waals surface area contributed by atoms with E-state index < -0.39 is 0 Å². The summed E-state index contributed by atoms with van der Waals surface area (Å²) in [4.78, 5) is 19.7. The van der Waals surface area contributed by atoms with Gasteiger partial charge in [0.25, 0.3) is 0 Å². The van der Waals surface area contributed by atoms with Gasteiger partial charge in [-0.05, 0) is 24.6 Å². The maximum atomic E-state index is 12.2. The van der Waals surface area contributed by atoms with Gasteiger partial charge in [-0.1, -0.05) is 6.07 Å². The molecule has 1 aromatic carbocycles. The van der Waals surface area contributed by atoms with E-state index in [0.29, 0.717) is 19.6 Å². The van der Waals surface area contributed by atoms with Crippen LogP contribution in [0.5, 0.6) is 5.75 Å². The Bertz CT molecular complexity index is 835. The zero-order valence-corrected chi connectivity index (χ0v) is 14.0. The van der Waals surface area contributed by atoms with Gasteiger partial charge in [-0.3, -0.25) is 4.79 Å². The number of carbonyl (C=O) groups is 1. The zero-order valence-electron chi connectivity index (χ0n) is 14.0. The summed E-state index contributed by atoms with van der Waals surface area (Å²) >= 11 is 0. The Hall–Kier alpha value is -2.76. The van der Waals surface area contributed by atoms with Crippen LogP contribution in [0.1, 0.15) is 18.2 Å². The summed E-state index contributed by atoms with van der Waals surface area (Å²) in [5, 5.41) is 3.94. The molecule has 0 saturated carbocycles. The Morgan fingerprint density at radius 3 is 3.04 bits per heavy atom. The summed E-state index contributed by atoms with van der Waals surface area (Å²) in [6, 6.07) is 5.86. The lowest BCUT2D eigenvalue weighted by Gasteiger charge is -2.07. The Morgan fingerprint density at radius 2 is 2.29 bits per heavy atom. The van der Waals surface area contributed by atoms with Crippen LogP contribution >= 0.6 is 0 Å². The second-order valence-corrected chi connectivity index (χ2v) is 5.73. The van der Waals surface area contributed by atoms with Crippen molar-refractivity contribution in [1.82, 2.24) is 19.9 Å². The Labute approximate surface area is 140 Å². The highest BCUT2D eigenvalue weighted by molar-refractivity contribution is 5.93. The fourth-order valence-corrected chi connectivity index (χ4v) is 2.80. The molecule has 3 rings (SSSR count). The van der Waals surface area contributed by atoms with Gasteiger partial charge in [0.2, 0.25) is 5.91 Å². The minimum Gasteiger partial charge on any atom is -0.493 e. The number of ether oxygens (including phenoxy) is 1. The number of hydrogen-bond acceptors (Lipinski definition) is 3. The Balaban J connectivity index is 1.62. The van der Waals surface area contributed by atoms with Gasteiger partial charge in [0, 0.05) is 43.3 Å². The minimum atomic E-state index is -0.00173. The van der Waals surface area contributed by atoms with E-state index in [9.17, 15) is 4.79 Å². The lowest BCUT2D eigenvalue weighted by Crippen LogP contribution is -2.27. The van der Waals surface area contributed by atoms with Crippen LogP contribution in [-0.2, 0) is 24.7 Å². The van der Waals surface area contributed by atoms with E-state index in [-0.39, 0.29) is 5.91 Å². The molecule has 0 fully saturated rings. The Kier molecular flexibility index (Phi) is 4.84. The summed E-state index contributed by atoms with van der Waals surface area (Å²) in [6.07, 6.45) is 6.65. The average molecular weight is 326 g/mol. The van der Waals surface area contributed by atoms with Crippen molar-refractivity contribution in [3.8, 4) is 5.75 Å². The number of amides is 1. The number of rotatable bonds is 7. The summed E-state index contributed by atoms with van der Waals surface area (Å²) in [5.74, 6) is 0.811. The van der Waals surface area contributed by atoms with Crippen molar-refractivity contribution in [2.75, 3.05) is 13.2 Å². The molecule has 2 aromatic heterocycles. The first kappa shape index (κ1) is 16.1. The van der Waals surface area contributed by atoms with Gasteiger partial charge in [0.05, 0.1) is 25.0 Å². The van der Waals surface area contributed by atoms with Crippen LogP contribution in [0, 0.1) is 0 Å². The summed E-state index contributed by atoms with van der Waals surface area (Å²) in [7, 11) is 1.93. The molecule has 3 aromatic rings. The number of aromatic amines is 1. The van der Waals surface area contributed by atoms with E-state index in [4.69, 9.17) is 4.74 Å². The molecule has 126 valence electrons. The lowest BCUT2D eigenvalue weighted by molar-refractivity contribution is -0.120. The van der Waals surface area contributed by atoms with Gasteiger partial charge in [-0.15, -0.1) is 0 Å². The molecule has 2 N–H and O–H groups in total. The lowest BCUT2D eigenvalue weighted by atomic mass is 10.1. The van der Waals surface area contributed by atoms with E-state index in [1.807, 2.05) is 49.1 Å². The first-order chi connectivity index (χ1) is 11.7. The van der Waals surface area contributed by atoms with E-state index in [2.05, 4.69) is 15.3 Å². The third-order valence-corrected chi connectivity index (χ3v) is 3.86. The van der Waals surface area contributed by atoms with Gasteiger partial charge in [0.1, 0.15) is 5.75 Å². The van der Waals surface area contributed by atoms with Crippen LogP contribution in [0.15, 0.2) is 36.9 Å². The van der Waals surface area contributed by atoms with Crippen molar-refractivity contribution in [3.05, 3.63) is 48.2 Å². The molecule has 0 aliphatic rings. The van der Waals surface area contributed by atoms with E-state index in [0.717, 1.165) is 34.3 Å². The maximum absolute atomic E-state index is 12.2. The first-order valence-corrected chi connectivity index (χ1v) is 8.12. The van der Waals surface area contributed by atoms with Crippen molar-refractivity contribution >= 4 is 16.8 Å². The molecule has 1 amide bonds. The number of H-pyrrole nitrogens is 1. The topological polar surface area (TPSA) is 71.9 Å². The average Bonchev–Trinajstić information content (AvgIpc) is 3.15. The van der Waals surface area contributed by atoms with Gasteiger partial charge >= 0.3 is 0 Å². The van der Waals surface area contributed by atoms with Crippen LogP contribution in [0.4, 0.5) is 0 Å². The monoisotopic (exact) mass is 326 g/mol. The van der Waals surface area contributed by atoms with Crippen molar-refractivity contribution in [3.63, 3.8) is 0 Å². The SMILES string of the molecule is CCOc1cccc2[nH]cc(CC(=O)NCCc3cn(C)cn3)c12. The number of carbonyl (C=O) groups excluding carboxylic acids is 1. The van der Waals surface area contributed by atoms with Crippen molar-refractivity contribution in [2.24, 2.45) is 7.05 Å². The molecule has 24 heavy (non-hydrogen) atoms. The number of aromatic nitrogens is 3. The molecule has 0 saturated heterocycles. The molecule has 0 spiro atoms. The summed E-state index contributed by atoms with van der Waals surface area (Å²) in [6.45, 7) is 3.13. The minimum absolute atomic E-state index is 0.00173. The highest BCUT2D eigenvalue weighted by Gasteiger charge is 2.12. The van der Waals surface area contributed by atoms with E-state index in [1.165, 1.54) is 0 Å². The normalized spacial score (nSPS) is 10.9. The molecule has 6 nitrogen and oxygen atoms in total. The molecule has 2 heterocycles. The number of imidazole rings is 1. The molecule has 6 heteroatoms. The summed E-state index contributed by atoms with van der Waals surface area (Å²) < 4.78 is 7.58. The smallest absolute Gasteiger partial charge is 0.224 e. The number of benzene rings is 1. The molecule has 0 bridgehead atoms. The molecule has 0 aliphatic carbocycles. The highest BCUT2D eigenvalue weighted by atomic mass is 16.5. The van der Waals surface area contributed by atoms with Crippen LogP contribution in [-0.4, -0.2) is 33.6 Å². The third-order valence-electron chi connectivity index (χ3n) is 3.86. The van der Waals surface area contributed by atoms with Gasteiger partial charge in [0.15, 0.2) is 0 Å². The van der Waals surface area contributed by atoms with Crippen LogP contribution < -0.4 is 10.1 Å². The van der Waals surface area contributed by atoms with Crippen molar-refractivity contribution in [2.45, 2.75) is 19.8 Å². The molecule has 0 aliphatic heterocycles. The number of nitrogens with one attached hydrogen (secondary N) is 2. The van der Waals surface area contributed by atoms with Gasteiger partial charge in [-0.25, -0.2) is 4.98 Å². The van der Waals surface area contributed by atoms with E-state index >= 15 is 0 Å². The third kappa shape index (κ3) is 3.59.